The number of nitrogens with zero attached hydrogens (tertiary/aromatic N) is 5. The second kappa shape index (κ2) is 14.9. The summed E-state index contributed by atoms with van der Waals surface area (Å²) in [6.07, 6.45) is 15.5. The van der Waals surface area contributed by atoms with Crippen molar-refractivity contribution < 1.29 is 9.53 Å². The number of amides is 1. The molecule has 5 rings (SSSR count). The van der Waals surface area contributed by atoms with Crippen LogP contribution in [0.3, 0.4) is 0 Å². The van der Waals surface area contributed by atoms with E-state index in [1.807, 2.05) is 79.2 Å². The number of carbonyl (C=O) groups is 1. The second-order valence-electron chi connectivity index (χ2n) is 11.1. The van der Waals surface area contributed by atoms with Crippen molar-refractivity contribution in [1.29, 1.82) is 0 Å². The number of para-hydroxylation sites is 1. The number of imidazole rings is 1. The lowest BCUT2D eigenvalue weighted by Gasteiger charge is -2.26. The van der Waals surface area contributed by atoms with Crippen LogP contribution in [0.4, 0.5) is 5.95 Å². The molecule has 2 aromatic heterocycles. The Bertz CT molecular complexity index is 1410. The van der Waals surface area contributed by atoms with Gasteiger partial charge in [-0.15, -0.1) is 0 Å². The number of benzene rings is 2. The lowest BCUT2D eigenvalue weighted by molar-refractivity contribution is 0.0160. The van der Waals surface area contributed by atoms with E-state index in [1.165, 1.54) is 58.2 Å². The summed E-state index contributed by atoms with van der Waals surface area (Å²) in [7, 11) is 0. The van der Waals surface area contributed by atoms with Gasteiger partial charge in [-0.2, -0.15) is 5.10 Å². The molecule has 1 aliphatic heterocycles. The monoisotopic (exact) mass is 568 g/mol. The zero-order chi connectivity index (χ0) is 29.1. The van der Waals surface area contributed by atoms with E-state index in [0.29, 0.717) is 18.1 Å². The molecule has 8 nitrogen and oxygen atoms in total. The topological polar surface area (TPSA) is 77.2 Å². The van der Waals surface area contributed by atoms with Gasteiger partial charge in [0.15, 0.2) is 0 Å². The van der Waals surface area contributed by atoms with Crippen LogP contribution in [0.5, 0.6) is 0 Å². The fraction of sp³-hybridized carbons (Fsp3) is 0.441. The maximum Gasteiger partial charge on any atom is 0.258 e. The van der Waals surface area contributed by atoms with Crippen molar-refractivity contribution in [2.24, 2.45) is 0 Å². The highest BCUT2D eigenvalue weighted by molar-refractivity contribution is 6.04. The van der Waals surface area contributed by atoms with Crippen LogP contribution in [0.2, 0.25) is 0 Å². The summed E-state index contributed by atoms with van der Waals surface area (Å²) in [5.41, 5.74) is 4.38. The van der Waals surface area contributed by atoms with Crippen LogP contribution in [0.15, 0.2) is 73.2 Å². The van der Waals surface area contributed by atoms with Gasteiger partial charge in [-0.05, 0) is 95.4 Å². The molecule has 0 saturated carbocycles. The number of likely N-dealkylation sites (tertiary alicyclic amines) is 1. The number of ether oxygens (including phenoxy) is 1. The summed E-state index contributed by atoms with van der Waals surface area (Å²) in [5, 5.41) is 7.52. The first kappa shape index (κ1) is 29.7. The summed E-state index contributed by atoms with van der Waals surface area (Å²) in [6, 6.07) is 17.7. The predicted molar refractivity (Wildman–Crippen MR) is 168 cm³/mol. The number of aromatic nitrogens is 4. The van der Waals surface area contributed by atoms with E-state index in [1.54, 1.807) is 10.9 Å². The van der Waals surface area contributed by atoms with Crippen molar-refractivity contribution in [3.8, 4) is 16.8 Å². The van der Waals surface area contributed by atoms with Gasteiger partial charge in [0.05, 0.1) is 11.9 Å². The SMILES string of the molecule is CCOC(C)n1cc(-c2cccc(C(=O)Nc3nc(CCCCCCN4CCCCC4)cn3-c3ccccc3)c2)cn1. The molecule has 0 spiro atoms. The number of unbranched alkanes of at least 4 members (excludes halogenated alkanes) is 3. The number of rotatable bonds is 14. The zero-order valence-corrected chi connectivity index (χ0v) is 25.0. The third-order valence-electron chi connectivity index (χ3n) is 7.96. The van der Waals surface area contributed by atoms with Crippen LogP contribution in [0.25, 0.3) is 16.8 Å². The van der Waals surface area contributed by atoms with Gasteiger partial charge in [0.2, 0.25) is 5.95 Å². The molecule has 1 aliphatic rings. The number of aryl methyl sites for hydroxylation is 1. The zero-order valence-electron chi connectivity index (χ0n) is 25.0. The fourth-order valence-corrected chi connectivity index (χ4v) is 5.62. The number of nitrogens with one attached hydrogen (secondary N) is 1. The van der Waals surface area contributed by atoms with Gasteiger partial charge in [-0.3, -0.25) is 14.7 Å². The highest BCUT2D eigenvalue weighted by Gasteiger charge is 2.16. The molecule has 0 radical (unpaired) electrons. The molecule has 0 aliphatic carbocycles. The summed E-state index contributed by atoms with van der Waals surface area (Å²) in [6.45, 7) is 8.32. The van der Waals surface area contributed by atoms with E-state index in [9.17, 15) is 4.79 Å². The van der Waals surface area contributed by atoms with E-state index in [0.717, 1.165) is 35.3 Å². The van der Waals surface area contributed by atoms with Crippen LogP contribution in [-0.2, 0) is 11.2 Å². The molecular formula is C34H44N6O2. The molecule has 8 heteroatoms. The second-order valence-corrected chi connectivity index (χ2v) is 11.1. The molecule has 2 aromatic carbocycles. The minimum atomic E-state index is -0.195. The van der Waals surface area contributed by atoms with Crippen molar-refractivity contribution in [2.75, 3.05) is 31.6 Å². The Hall–Kier alpha value is -3.75. The maximum absolute atomic E-state index is 13.4. The molecule has 4 aromatic rings. The van der Waals surface area contributed by atoms with E-state index in [4.69, 9.17) is 9.72 Å². The molecule has 42 heavy (non-hydrogen) atoms. The predicted octanol–water partition coefficient (Wildman–Crippen LogP) is 7.13. The van der Waals surface area contributed by atoms with E-state index >= 15 is 0 Å². The Morgan fingerprint density at radius 3 is 2.57 bits per heavy atom. The van der Waals surface area contributed by atoms with Crippen molar-refractivity contribution in [1.82, 2.24) is 24.2 Å². The Kier molecular flexibility index (Phi) is 10.6. The van der Waals surface area contributed by atoms with Crippen LogP contribution in [0.1, 0.15) is 81.1 Å². The third-order valence-corrected chi connectivity index (χ3v) is 7.96. The van der Waals surface area contributed by atoms with E-state index < -0.39 is 0 Å². The van der Waals surface area contributed by atoms with Gasteiger partial charge in [0.25, 0.3) is 5.91 Å². The molecule has 1 amide bonds. The van der Waals surface area contributed by atoms with Crippen molar-refractivity contribution in [3.63, 3.8) is 0 Å². The molecule has 0 bridgehead atoms. The average molecular weight is 569 g/mol. The van der Waals surface area contributed by atoms with Gasteiger partial charge >= 0.3 is 0 Å². The summed E-state index contributed by atoms with van der Waals surface area (Å²) in [4.78, 5) is 20.9. The van der Waals surface area contributed by atoms with Crippen LogP contribution >= 0.6 is 0 Å². The number of hydrogen-bond donors (Lipinski definition) is 1. The molecule has 3 heterocycles. The fourth-order valence-electron chi connectivity index (χ4n) is 5.62. The van der Waals surface area contributed by atoms with E-state index in [-0.39, 0.29) is 12.1 Å². The third kappa shape index (κ3) is 7.95. The van der Waals surface area contributed by atoms with Gasteiger partial charge < -0.3 is 9.64 Å². The van der Waals surface area contributed by atoms with E-state index in [2.05, 4.69) is 21.5 Å². The highest BCUT2D eigenvalue weighted by atomic mass is 16.5. The normalized spacial score (nSPS) is 14.6. The first-order valence-corrected chi connectivity index (χ1v) is 15.5. The Morgan fingerprint density at radius 1 is 0.952 bits per heavy atom. The van der Waals surface area contributed by atoms with Crippen molar-refractivity contribution in [3.05, 3.63) is 84.4 Å². The standard InChI is InChI=1S/C34H44N6O2/c1-3-42-27(2)40-25-30(24-35-40)28-15-14-16-29(23-28)33(41)37-34-36-31(26-39(34)32-18-9-6-10-19-32)17-8-4-5-11-20-38-21-12-7-13-22-38/h6,9-10,14-16,18-19,23-27H,3-5,7-8,11-13,17,20-22H2,1-2H3,(H,36,37,41). The lowest BCUT2D eigenvalue weighted by atomic mass is 10.1. The van der Waals surface area contributed by atoms with Crippen LogP contribution in [0, 0.1) is 0 Å². The first-order valence-electron chi connectivity index (χ1n) is 15.5. The minimum absolute atomic E-state index is 0.152. The summed E-state index contributed by atoms with van der Waals surface area (Å²) in [5.74, 6) is 0.342. The summed E-state index contributed by atoms with van der Waals surface area (Å²) >= 11 is 0. The molecule has 1 saturated heterocycles. The van der Waals surface area contributed by atoms with Crippen molar-refractivity contribution >= 4 is 11.9 Å². The first-order chi connectivity index (χ1) is 20.6. The molecule has 1 N–H and O–H groups in total. The molecule has 1 atom stereocenters. The van der Waals surface area contributed by atoms with Crippen molar-refractivity contribution in [2.45, 2.75) is 71.4 Å². The Labute approximate surface area is 249 Å². The average Bonchev–Trinajstić information content (AvgIpc) is 3.68. The Balaban J connectivity index is 1.23. The lowest BCUT2D eigenvalue weighted by Crippen LogP contribution is -2.30. The van der Waals surface area contributed by atoms with Gasteiger partial charge in [0.1, 0.15) is 6.23 Å². The molecular weight excluding hydrogens is 524 g/mol. The van der Waals surface area contributed by atoms with Gasteiger partial charge in [-0.1, -0.05) is 49.6 Å². The van der Waals surface area contributed by atoms with Gasteiger partial charge in [-0.25, -0.2) is 9.67 Å². The summed E-state index contributed by atoms with van der Waals surface area (Å²) < 4.78 is 9.41. The number of piperidine rings is 1. The molecule has 1 fully saturated rings. The van der Waals surface area contributed by atoms with Gasteiger partial charge in [0, 0.05) is 35.8 Å². The smallest absolute Gasteiger partial charge is 0.258 e. The number of hydrogen-bond acceptors (Lipinski definition) is 5. The molecule has 1 unspecified atom stereocenters. The largest absolute Gasteiger partial charge is 0.357 e. The number of carbonyl (C=O) groups excluding carboxylic acids is 1. The van der Waals surface area contributed by atoms with Crippen LogP contribution < -0.4 is 5.32 Å². The highest BCUT2D eigenvalue weighted by Crippen LogP contribution is 2.23. The Morgan fingerprint density at radius 2 is 1.76 bits per heavy atom. The quantitative estimate of drug-likeness (QED) is 0.164. The number of anilines is 1. The minimum Gasteiger partial charge on any atom is -0.357 e. The van der Waals surface area contributed by atoms with Crippen LogP contribution in [-0.4, -0.2) is 56.4 Å². The molecule has 222 valence electrons. The maximum atomic E-state index is 13.4.